The van der Waals surface area contributed by atoms with Gasteiger partial charge in [0.05, 0.1) is 0 Å². The third-order valence-electron chi connectivity index (χ3n) is 28.9. The van der Waals surface area contributed by atoms with Crippen molar-refractivity contribution < 1.29 is 0 Å². The van der Waals surface area contributed by atoms with Crippen LogP contribution in [0.2, 0.25) is 0 Å². The van der Waals surface area contributed by atoms with Gasteiger partial charge in [-0.1, -0.05) is 468 Å². The topological polar surface area (TPSA) is 0 Å². The zero-order valence-corrected chi connectivity index (χ0v) is 78.8. The Bertz CT molecular complexity index is 1690. The minimum absolute atomic E-state index is 0.375. The minimum atomic E-state index is 0.375. The van der Waals surface area contributed by atoms with Gasteiger partial charge < -0.3 is 0 Å². The summed E-state index contributed by atoms with van der Waals surface area (Å²) in [4.78, 5) is 0. The van der Waals surface area contributed by atoms with E-state index in [1.807, 2.05) is 0 Å². The Kier molecular flexibility index (Phi) is 53.7. The summed E-state index contributed by atoms with van der Waals surface area (Å²) in [7, 11) is 0. The van der Waals surface area contributed by atoms with Crippen LogP contribution >= 0.6 is 0 Å². The molecule has 5 rings (SSSR count). The van der Waals surface area contributed by atoms with E-state index >= 15 is 0 Å². The number of hydrogen-bond acceptors (Lipinski definition) is 0. The van der Waals surface area contributed by atoms with E-state index in [0.717, 1.165) is 76.9 Å². The first-order chi connectivity index (χ1) is 42.9. The molecule has 0 saturated heterocycles. The summed E-state index contributed by atoms with van der Waals surface area (Å²) in [6.45, 7) is 114. The van der Waals surface area contributed by atoms with E-state index in [4.69, 9.17) is 0 Å². The molecule has 5 fully saturated rings. The first kappa shape index (κ1) is 108. The van der Waals surface area contributed by atoms with Gasteiger partial charge in [0.2, 0.25) is 0 Å². The van der Waals surface area contributed by atoms with E-state index in [2.05, 4.69) is 339 Å². The lowest BCUT2D eigenvalue weighted by molar-refractivity contribution is 0.00575. The monoisotopic (exact) mass is 1370 g/mol. The van der Waals surface area contributed by atoms with Crippen LogP contribution in [0.4, 0.5) is 0 Å². The van der Waals surface area contributed by atoms with Crippen molar-refractivity contribution in [3.63, 3.8) is 0 Å². The lowest BCUT2D eigenvalue weighted by Crippen LogP contribution is -2.41. The Morgan fingerprint density at radius 3 is 0.722 bits per heavy atom. The van der Waals surface area contributed by atoms with Crippen molar-refractivity contribution in [1.29, 1.82) is 0 Å². The molecule has 0 heterocycles. The Morgan fingerprint density at radius 2 is 0.608 bits per heavy atom. The molecular weight excluding hydrogens is 1170 g/mol. The van der Waals surface area contributed by atoms with E-state index < -0.39 is 0 Å². The first-order valence-electron chi connectivity index (χ1n) is 42.9. The summed E-state index contributed by atoms with van der Waals surface area (Å²) in [6, 6.07) is 0. The number of hydrogen-bond donors (Lipinski definition) is 0. The second-order valence-corrected chi connectivity index (χ2v) is 46.4. The maximum absolute atomic E-state index is 2.38. The largest absolute Gasteiger partial charge is 0.0651 e. The fraction of sp³-hybridized carbons (Fsp3) is 1.00. The second-order valence-electron chi connectivity index (χ2n) is 46.4. The Hall–Kier alpha value is 0. The van der Waals surface area contributed by atoms with Gasteiger partial charge in [0, 0.05) is 0 Å². The zero-order chi connectivity index (χ0) is 78.8. The predicted octanol–water partition coefficient (Wildman–Crippen LogP) is 35.7. The van der Waals surface area contributed by atoms with Crippen molar-refractivity contribution in [2.24, 2.45) is 142 Å². The van der Waals surface area contributed by atoms with E-state index in [1.54, 1.807) is 0 Å². The van der Waals surface area contributed by atoms with Gasteiger partial charge in [0.25, 0.3) is 0 Å². The average molecular weight is 1370 g/mol. The molecule has 0 aromatic rings. The van der Waals surface area contributed by atoms with Gasteiger partial charge in [-0.05, 0) is 161 Å². The molecule has 2 unspecified atom stereocenters. The van der Waals surface area contributed by atoms with Gasteiger partial charge in [-0.15, -0.1) is 0 Å². The number of rotatable bonds is 5. The predicted molar refractivity (Wildman–Crippen MR) is 459 cm³/mol. The van der Waals surface area contributed by atoms with Gasteiger partial charge in [-0.3, -0.25) is 0 Å². The van der Waals surface area contributed by atoms with Gasteiger partial charge in [0.1, 0.15) is 0 Å². The lowest BCUT2D eigenvalue weighted by Gasteiger charge is -2.49. The zero-order valence-electron chi connectivity index (χ0n) is 78.8. The first-order valence-corrected chi connectivity index (χ1v) is 42.9. The summed E-state index contributed by atoms with van der Waals surface area (Å²) < 4.78 is 0. The molecule has 5 aliphatic rings. The van der Waals surface area contributed by atoms with E-state index in [1.165, 1.54) is 148 Å². The molecule has 0 aliphatic heterocycles. The van der Waals surface area contributed by atoms with E-state index in [0.29, 0.717) is 65.0 Å². The van der Waals surface area contributed by atoms with Gasteiger partial charge >= 0.3 is 0 Å². The van der Waals surface area contributed by atoms with E-state index in [9.17, 15) is 0 Å². The highest BCUT2D eigenvalue weighted by Gasteiger charge is 2.42. The summed E-state index contributed by atoms with van der Waals surface area (Å²) in [5, 5.41) is 0. The van der Waals surface area contributed by atoms with Crippen molar-refractivity contribution in [3.8, 4) is 0 Å². The molecule has 0 radical (unpaired) electrons. The van der Waals surface area contributed by atoms with Crippen LogP contribution in [-0.4, -0.2) is 0 Å². The average Bonchev–Trinajstić information content (AvgIpc) is 0.805. The highest BCUT2D eigenvalue weighted by Crippen LogP contribution is 2.51. The highest BCUT2D eigenvalue weighted by molar-refractivity contribution is 4.92. The quantitative estimate of drug-likeness (QED) is 0.257. The van der Waals surface area contributed by atoms with Gasteiger partial charge in [-0.25, -0.2) is 0 Å². The molecule has 0 aromatic heterocycles. The molecule has 0 heteroatoms. The Labute approximate surface area is 625 Å². The molecule has 0 bridgehead atoms. The fourth-order valence-corrected chi connectivity index (χ4v) is 12.7. The molecule has 0 N–H and O–H groups in total. The van der Waals surface area contributed by atoms with E-state index in [-0.39, 0.29) is 0 Å². The molecule has 5 atom stereocenters. The van der Waals surface area contributed by atoms with Crippen LogP contribution in [0.3, 0.4) is 0 Å². The molecule has 5 aliphatic carbocycles. The van der Waals surface area contributed by atoms with Crippen LogP contribution in [0.1, 0.15) is 487 Å². The molecule has 0 amide bonds. The van der Waals surface area contributed by atoms with Crippen LogP contribution in [0, 0.1) is 142 Å². The van der Waals surface area contributed by atoms with Crippen molar-refractivity contribution in [1.82, 2.24) is 0 Å². The van der Waals surface area contributed by atoms with Crippen molar-refractivity contribution in [3.05, 3.63) is 0 Å². The SMILES string of the molecule is CC(C(C)(C)C)C(C)(C)C.CC(C)(C)C(C)(C)C.CC(C)(C)C(C)(C)C(C)(C)C.CC(C)C(C)(C)C(C)(C)C.CC(C)C(C)(C)C(C)C.CC(C)[C@@H](C)C(C)(C)C.CC1(C)CCCCC1.CC1CCC(C)CC1.CC1CCCC[C@H]1C.CC1CCC[C@@H](C)C1.CCC1CCCCC1. The summed E-state index contributed by atoms with van der Waals surface area (Å²) >= 11 is 0. The summed E-state index contributed by atoms with van der Waals surface area (Å²) in [6.07, 6.45) is 33.9. The lowest BCUT2D eigenvalue weighted by atomic mass is 9.56. The smallest absolute Gasteiger partial charge is 0.0257 e. The molecule has 0 aromatic carbocycles. The molecular formula is C97H206. The third kappa shape index (κ3) is 52.6. The molecule has 594 valence electrons. The summed E-state index contributed by atoms with van der Waals surface area (Å²) in [5.74, 6) is 11.9. The molecule has 0 nitrogen and oxygen atoms in total. The molecule has 0 spiro atoms. The van der Waals surface area contributed by atoms with Crippen LogP contribution in [0.15, 0.2) is 0 Å². The molecule has 5 saturated carbocycles. The van der Waals surface area contributed by atoms with Crippen LogP contribution in [0.25, 0.3) is 0 Å². The maximum atomic E-state index is 2.38. The highest BCUT2D eigenvalue weighted by atomic mass is 14.5. The van der Waals surface area contributed by atoms with Crippen molar-refractivity contribution >= 4 is 0 Å². The van der Waals surface area contributed by atoms with Crippen molar-refractivity contribution in [2.45, 2.75) is 487 Å². The standard InChI is InChI=1S/C11H24.2C10H22.2C9H20.5C8H16.C8H18/c1-9(2,3)11(7,8)10(4,5)6;1-8(9(2,3)4)10(5,6)7;1-8(2)10(6,7)9(3,4)5;1-7(2)8(3)9(4,5)6;1-7(2)9(5,6)8(3)4;1-7-3-5-8(2)6-4-7;1-7-4-3-5-8(2)6-7;1-8(2)6-4-3-5-7-8;1-7-5-3-4-6-8(7)2;1-2-8-6-4-3-5-7-8;1-7(2,3)8(4,5)6/h1-8H3;2*8H,1-7H3;2*7-8H,1-6H3;2*7-8H,3-6H2,1-2H3;3-7H2,1-2H3;7-8H,3-6H2,1-2H3;8H,2-7H2,1H3;1-6H3/t;;;8-;;;7-,8?;;7-,8?;;/m...1..1.1../s1. The van der Waals surface area contributed by atoms with Gasteiger partial charge in [-0.2, -0.15) is 0 Å². The minimum Gasteiger partial charge on any atom is -0.0651 e. The normalized spacial score (nSPS) is 22.7. The van der Waals surface area contributed by atoms with Crippen LogP contribution in [-0.2, 0) is 0 Å². The Morgan fingerprint density at radius 1 is 0.309 bits per heavy atom. The molecule has 97 heavy (non-hydrogen) atoms. The van der Waals surface area contributed by atoms with Crippen molar-refractivity contribution in [2.75, 3.05) is 0 Å². The third-order valence-corrected chi connectivity index (χ3v) is 28.9. The van der Waals surface area contributed by atoms with Crippen LogP contribution < -0.4 is 0 Å². The van der Waals surface area contributed by atoms with Gasteiger partial charge in [0.15, 0.2) is 0 Å². The Balaban J connectivity index is -0.000000235. The second kappa shape index (κ2) is 48.3. The summed E-state index contributed by atoms with van der Waals surface area (Å²) in [5.41, 5.74) is 5.41. The van der Waals surface area contributed by atoms with Crippen LogP contribution in [0.5, 0.6) is 0 Å². The maximum Gasteiger partial charge on any atom is -0.0257 e. The fourth-order valence-electron chi connectivity index (χ4n) is 12.7.